The molecule has 1 aromatic carbocycles. The molecular formula is C15H17NO5. The molecule has 0 fully saturated rings. The number of hydrogen-bond donors (Lipinski definition) is 1. The molecule has 0 aliphatic carbocycles. The van der Waals surface area contributed by atoms with Gasteiger partial charge in [-0.05, 0) is 23.8 Å². The molecule has 1 amide bonds. The van der Waals surface area contributed by atoms with Crippen LogP contribution in [0.1, 0.15) is 12.0 Å². The Labute approximate surface area is 122 Å². The molecule has 0 radical (unpaired) electrons. The van der Waals surface area contributed by atoms with Gasteiger partial charge in [-0.25, -0.2) is 0 Å². The van der Waals surface area contributed by atoms with E-state index in [-0.39, 0.29) is 18.9 Å². The van der Waals surface area contributed by atoms with E-state index < -0.39 is 5.97 Å². The zero-order valence-corrected chi connectivity index (χ0v) is 11.7. The molecule has 1 aliphatic heterocycles. The predicted molar refractivity (Wildman–Crippen MR) is 76.4 cm³/mol. The van der Waals surface area contributed by atoms with E-state index in [4.69, 9.17) is 14.6 Å². The van der Waals surface area contributed by atoms with Gasteiger partial charge in [0, 0.05) is 19.7 Å². The fourth-order valence-corrected chi connectivity index (χ4v) is 1.83. The van der Waals surface area contributed by atoms with Crippen LogP contribution in [0, 0.1) is 0 Å². The van der Waals surface area contributed by atoms with Crippen LogP contribution in [0.4, 0.5) is 0 Å². The maximum atomic E-state index is 11.8. The normalized spacial score (nSPS) is 13.2. The van der Waals surface area contributed by atoms with Crippen molar-refractivity contribution < 1.29 is 24.2 Å². The van der Waals surface area contributed by atoms with Crippen molar-refractivity contribution in [2.24, 2.45) is 0 Å². The van der Waals surface area contributed by atoms with Gasteiger partial charge in [-0.2, -0.15) is 0 Å². The molecule has 0 saturated carbocycles. The number of ether oxygens (including phenoxy) is 2. The molecule has 0 unspecified atom stereocenters. The highest BCUT2D eigenvalue weighted by Gasteiger charge is 2.11. The van der Waals surface area contributed by atoms with E-state index >= 15 is 0 Å². The Hall–Kier alpha value is -2.50. The largest absolute Gasteiger partial charge is 0.486 e. The van der Waals surface area contributed by atoms with Crippen LogP contribution in [0.25, 0.3) is 6.08 Å². The summed E-state index contributed by atoms with van der Waals surface area (Å²) in [7, 11) is 1.57. The van der Waals surface area contributed by atoms with Crippen LogP contribution >= 0.6 is 0 Å². The molecule has 21 heavy (non-hydrogen) atoms. The predicted octanol–water partition coefficient (Wildman–Crippen LogP) is 1.40. The molecule has 0 aromatic heterocycles. The molecule has 0 saturated heterocycles. The summed E-state index contributed by atoms with van der Waals surface area (Å²) < 4.78 is 10.9. The zero-order chi connectivity index (χ0) is 15.2. The quantitative estimate of drug-likeness (QED) is 0.830. The molecule has 1 aromatic rings. The minimum atomic E-state index is -0.925. The summed E-state index contributed by atoms with van der Waals surface area (Å²) in [4.78, 5) is 23.6. The first-order valence-electron chi connectivity index (χ1n) is 6.61. The average Bonchev–Trinajstić information content (AvgIpc) is 2.49. The Kier molecular flexibility index (Phi) is 4.81. The number of carboxylic acid groups (broad SMARTS) is 1. The van der Waals surface area contributed by atoms with Gasteiger partial charge in [0.2, 0.25) is 5.91 Å². The second kappa shape index (κ2) is 6.78. The van der Waals surface area contributed by atoms with Crippen molar-refractivity contribution in [3.8, 4) is 11.5 Å². The monoisotopic (exact) mass is 291 g/mol. The number of likely N-dealkylation sites (N-methyl/N-ethyl adjacent to an activating group) is 1. The maximum absolute atomic E-state index is 11.8. The van der Waals surface area contributed by atoms with Crippen LogP contribution in [0.2, 0.25) is 0 Å². The summed E-state index contributed by atoms with van der Waals surface area (Å²) >= 11 is 0. The standard InChI is InChI=1S/C15H17NO5/c1-16(7-6-15(18)19)14(17)5-3-11-2-4-12-13(10-11)21-9-8-20-12/h2-5,10H,6-9H2,1H3,(H,18,19)/b5-3+. The molecular weight excluding hydrogens is 274 g/mol. The Morgan fingerprint density at radius 3 is 2.71 bits per heavy atom. The van der Waals surface area contributed by atoms with Crippen molar-refractivity contribution in [3.05, 3.63) is 29.8 Å². The summed E-state index contributed by atoms with van der Waals surface area (Å²) in [6.45, 7) is 1.23. The van der Waals surface area contributed by atoms with Crippen molar-refractivity contribution >= 4 is 18.0 Å². The molecule has 1 heterocycles. The summed E-state index contributed by atoms with van der Waals surface area (Å²) in [6, 6.07) is 5.43. The van der Waals surface area contributed by atoms with E-state index in [1.807, 2.05) is 6.07 Å². The fraction of sp³-hybridized carbons (Fsp3) is 0.333. The van der Waals surface area contributed by atoms with Gasteiger partial charge in [0.15, 0.2) is 11.5 Å². The number of carboxylic acids is 1. The molecule has 0 bridgehead atoms. The van der Waals surface area contributed by atoms with Crippen LogP contribution in [-0.2, 0) is 9.59 Å². The second-order valence-electron chi connectivity index (χ2n) is 4.64. The lowest BCUT2D eigenvalue weighted by Crippen LogP contribution is -2.27. The van der Waals surface area contributed by atoms with Crippen LogP contribution in [-0.4, -0.2) is 48.7 Å². The Bertz CT molecular complexity index is 567. The van der Waals surface area contributed by atoms with Gasteiger partial charge in [-0.1, -0.05) is 6.07 Å². The number of carbonyl (C=O) groups is 2. The molecule has 0 spiro atoms. The Balaban J connectivity index is 1.97. The first kappa shape index (κ1) is 14.9. The number of nitrogens with zero attached hydrogens (tertiary/aromatic N) is 1. The number of aliphatic carboxylic acids is 1. The minimum Gasteiger partial charge on any atom is -0.486 e. The number of fused-ring (bicyclic) bond motifs is 1. The molecule has 1 N–H and O–H groups in total. The zero-order valence-electron chi connectivity index (χ0n) is 11.7. The smallest absolute Gasteiger partial charge is 0.305 e. The lowest BCUT2D eigenvalue weighted by Gasteiger charge is -2.18. The van der Waals surface area contributed by atoms with Gasteiger partial charge < -0.3 is 19.5 Å². The number of amides is 1. The second-order valence-corrected chi connectivity index (χ2v) is 4.64. The third-order valence-corrected chi connectivity index (χ3v) is 3.02. The van der Waals surface area contributed by atoms with Gasteiger partial charge in [-0.3, -0.25) is 9.59 Å². The molecule has 0 atom stereocenters. The summed E-state index contributed by atoms with van der Waals surface area (Å²) in [5, 5.41) is 8.58. The van der Waals surface area contributed by atoms with Gasteiger partial charge >= 0.3 is 5.97 Å². The van der Waals surface area contributed by atoms with Crippen LogP contribution < -0.4 is 9.47 Å². The SMILES string of the molecule is CN(CCC(=O)O)C(=O)/C=C/c1ccc2c(c1)OCCO2. The third kappa shape index (κ3) is 4.24. The van der Waals surface area contributed by atoms with Crippen molar-refractivity contribution in [3.63, 3.8) is 0 Å². The lowest BCUT2D eigenvalue weighted by molar-refractivity contribution is -0.137. The van der Waals surface area contributed by atoms with Gasteiger partial charge in [-0.15, -0.1) is 0 Å². The molecule has 2 rings (SSSR count). The van der Waals surface area contributed by atoms with Gasteiger partial charge in [0.1, 0.15) is 13.2 Å². The third-order valence-electron chi connectivity index (χ3n) is 3.02. The first-order chi connectivity index (χ1) is 10.1. The van der Waals surface area contributed by atoms with Crippen molar-refractivity contribution in [1.82, 2.24) is 4.90 Å². The average molecular weight is 291 g/mol. The van der Waals surface area contributed by atoms with Crippen LogP contribution in [0.5, 0.6) is 11.5 Å². The van der Waals surface area contributed by atoms with E-state index in [2.05, 4.69) is 0 Å². The van der Waals surface area contributed by atoms with Crippen molar-refractivity contribution in [2.45, 2.75) is 6.42 Å². The van der Waals surface area contributed by atoms with E-state index in [1.54, 1.807) is 25.3 Å². The molecule has 1 aliphatic rings. The van der Waals surface area contributed by atoms with E-state index in [0.717, 1.165) is 5.56 Å². The number of hydrogen-bond acceptors (Lipinski definition) is 4. The van der Waals surface area contributed by atoms with Crippen molar-refractivity contribution in [1.29, 1.82) is 0 Å². The highest BCUT2D eigenvalue weighted by atomic mass is 16.6. The Morgan fingerprint density at radius 2 is 2.00 bits per heavy atom. The minimum absolute atomic E-state index is 0.0693. The first-order valence-corrected chi connectivity index (χ1v) is 6.61. The number of benzene rings is 1. The van der Waals surface area contributed by atoms with Gasteiger partial charge in [0.25, 0.3) is 0 Å². The Morgan fingerprint density at radius 1 is 1.29 bits per heavy atom. The van der Waals surface area contributed by atoms with Crippen LogP contribution in [0.3, 0.4) is 0 Å². The summed E-state index contributed by atoms with van der Waals surface area (Å²) in [5.74, 6) is 0.190. The highest BCUT2D eigenvalue weighted by molar-refractivity contribution is 5.91. The molecule has 6 heteroatoms. The fourth-order valence-electron chi connectivity index (χ4n) is 1.83. The number of rotatable bonds is 5. The topological polar surface area (TPSA) is 76.1 Å². The van der Waals surface area contributed by atoms with E-state index in [1.165, 1.54) is 11.0 Å². The van der Waals surface area contributed by atoms with E-state index in [9.17, 15) is 9.59 Å². The summed E-state index contributed by atoms with van der Waals surface area (Å²) in [6.07, 6.45) is 3.01. The van der Waals surface area contributed by atoms with Gasteiger partial charge in [0.05, 0.1) is 6.42 Å². The lowest BCUT2D eigenvalue weighted by atomic mass is 10.1. The summed E-state index contributed by atoms with van der Waals surface area (Å²) in [5.41, 5.74) is 0.819. The molecule has 112 valence electrons. The van der Waals surface area contributed by atoms with E-state index in [0.29, 0.717) is 24.7 Å². The number of carbonyl (C=O) groups excluding carboxylic acids is 1. The highest BCUT2D eigenvalue weighted by Crippen LogP contribution is 2.31. The molecule has 6 nitrogen and oxygen atoms in total. The van der Waals surface area contributed by atoms with Crippen molar-refractivity contribution in [2.75, 3.05) is 26.8 Å². The maximum Gasteiger partial charge on any atom is 0.305 e. The van der Waals surface area contributed by atoms with Crippen LogP contribution in [0.15, 0.2) is 24.3 Å².